The van der Waals surface area contributed by atoms with Crippen molar-refractivity contribution in [1.82, 2.24) is 4.57 Å². The maximum Gasteiger partial charge on any atom is 0.338 e. The second kappa shape index (κ2) is 10.7. The van der Waals surface area contributed by atoms with Crippen LogP contribution in [0.4, 0.5) is 0 Å². The van der Waals surface area contributed by atoms with Gasteiger partial charge in [-0.2, -0.15) is 0 Å². The summed E-state index contributed by atoms with van der Waals surface area (Å²) in [6.07, 6.45) is 1.77. The lowest BCUT2D eigenvalue weighted by Gasteiger charge is -2.25. The maximum atomic E-state index is 13.8. The third-order valence-corrected chi connectivity index (χ3v) is 7.19. The molecule has 1 atom stereocenters. The summed E-state index contributed by atoms with van der Waals surface area (Å²) >= 11 is 4.72. The molecule has 0 fully saturated rings. The number of allylic oxidation sites excluding steroid dienone is 1. The lowest BCUT2D eigenvalue weighted by Crippen LogP contribution is -2.40. The summed E-state index contributed by atoms with van der Waals surface area (Å²) in [7, 11) is 4.66. The van der Waals surface area contributed by atoms with Crippen LogP contribution in [0, 0.1) is 0 Å². The summed E-state index contributed by atoms with van der Waals surface area (Å²) in [5.41, 5.74) is 1.90. The Hall–Kier alpha value is -3.37. The molecule has 0 saturated heterocycles. The summed E-state index contributed by atoms with van der Waals surface area (Å²) in [4.78, 5) is 32.0. The van der Waals surface area contributed by atoms with E-state index in [9.17, 15) is 9.59 Å². The Morgan fingerprint density at radius 2 is 1.78 bits per heavy atom. The van der Waals surface area contributed by atoms with E-state index in [4.69, 9.17) is 18.9 Å². The summed E-state index contributed by atoms with van der Waals surface area (Å²) in [6.45, 7) is 3.68. The lowest BCUT2D eigenvalue weighted by molar-refractivity contribution is -0.139. The number of carbonyl (C=O) groups is 1. The maximum absolute atomic E-state index is 13.8. The van der Waals surface area contributed by atoms with Crippen LogP contribution in [-0.4, -0.2) is 38.5 Å². The van der Waals surface area contributed by atoms with Gasteiger partial charge in [-0.3, -0.25) is 9.36 Å². The zero-order valence-corrected chi connectivity index (χ0v) is 22.9. The Balaban J connectivity index is 1.99. The highest BCUT2D eigenvalue weighted by Crippen LogP contribution is 2.36. The molecule has 36 heavy (non-hydrogen) atoms. The lowest BCUT2D eigenvalue weighted by atomic mass is 9.95. The monoisotopic (exact) mass is 572 g/mol. The quantitative estimate of drug-likeness (QED) is 0.402. The number of rotatable bonds is 7. The number of carbonyl (C=O) groups excluding carboxylic acids is 1. The fraction of sp³-hybridized carbons (Fsp3) is 0.269. The summed E-state index contributed by atoms with van der Waals surface area (Å²) in [6, 6.07) is 10.1. The predicted molar refractivity (Wildman–Crippen MR) is 141 cm³/mol. The molecule has 0 radical (unpaired) electrons. The van der Waals surface area contributed by atoms with Gasteiger partial charge in [0.1, 0.15) is 5.75 Å². The third-order valence-electron chi connectivity index (χ3n) is 5.72. The number of halogens is 1. The normalized spacial score (nSPS) is 15.3. The van der Waals surface area contributed by atoms with Gasteiger partial charge in [0, 0.05) is 10.0 Å². The van der Waals surface area contributed by atoms with Gasteiger partial charge in [-0.1, -0.05) is 33.3 Å². The Bertz CT molecular complexity index is 1540. The Kier molecular flexibility index (Phi) is 7.65. The first-order chi connectivity index (χ1) is 17.3. The molecule has 4 rings (SSSR count). The molecule has 0 spiro atoms. The molecule has 3 aromatic rings. The molecule has 0 unspecified atom stereocenters. The van der Waals surface area contributed by atoms with Crippen molar-refractivity contribution in [3.05, 3.63) is 83.0 Å². The second-order valence-corrected chi connectivity index (χ2v) is 9.73. The zero-order chi connectivity index (χ0) is 26.0. The van der Waals surface area contributed by atoms with Crippen LogP contribution < -0.4 is 29.1 Å². The van der Waals surface area contributed by atoms with Gasteiger partial charge < -0.3 is 18.9 Å². The highest BCUT2D eigenvalue weighted by Gasteiger charge is 2.34. The molecule has 0 amide bonds. The molecular weight excluding hydrogens is 548 g/mol. The van der Waals surface area contributed by atoms with Gasteiger partial charge in [-0.25, -0.2) is 9.79 Å². The molecule has 10 heteroatoms. The smallest absolute Gasteiger partial charge is 0.338 e. The SMILES string of the molecule is CCOC(=O)C1=C(C)N=c2s/c(=C/c3cc(Br)ccc3OC)c(=O)n2[C@@H]1c1ccc(OC)c(OC)c1. The van der Waals surface area contributed by atoms with E-state index in [-0.39, 0.29) is 12.2 Å². The second-order valence-electron chi connectivity index (χ2n) is 7.80. The summed E-state index contributed by atoms with van der Waals surface area (Å²) < 4.78 is 24.5. The third kappa shape index (κ3) is 4.70. The molecular formula is C26H25BrN2O6S. The first-order valence-corrected chi connectivity index (χ1v) is 12.7. The topological polar surface area (TPSA) is 88.4 Å². The minimum Gasteiger partial charge on any atom is -0.496 e. The van der Waals surface area contributed by atoms with Gasteiger partial charge in [0.15, 0.2) is 16.3 Å². The van der Waals surface area contributed by atoms with Gasteiger partial charge in [-0.15, -0.1) is 0 Å². The Labute approximate surface area is 220 Å². The van der Waals surface area contributed by atoms with Crippen molar-refractivity contribution < 1.29 is 23.7 Å². The summed E-state index contributed by atoms with van der Waals surface area (Å²) in [5.74, 6) is 1.12. The molecule has 1 aliphatic rings. The van der Waals surface area contributed by atoms with Crippen LogP contribution in [0.1, 0.15) is 31.0 Å². The first kappa shape index (κ1) is 25.7. The fourth-order valence-electron chi connectivity index (χ4n) is 4.09. The number of thiazole rings is 1. The average molecular weight is 573 g/mol. The van der Waals surface area contributed by atoms with Crippen LogP contribution in [0.3, 0.4) is 0 Å². The minimum absolute atomic E-state index is 0.196. The van der Waals surface area contributed by atoms with E-state index in [1.165, 1.54) is 23.0 Å². The van der Waals surface area contributed by atoms with Crippen molar-refractivity contribution in [2.24, 2.45) is 4.99 Å². The molecule has 8 nitrogen and oxygen atoms in total. The molecule has 0 N–H and O–H groups in total. The van der Waals surface area contributed by atoms with E-state index in [1.54, 1.807) is 52.3 Å². The van der Waals surface area contributed by atoms with Crippen LogP contribution in [0.15, 0.2) is 61.9 Å². The molecule has 1 aliphatic heterocycles. The number of aromatic nitrogens is 1. The number of nitrogens with zero attached hydrogens (tertiary/aromatic N) is 2. The molecule has 2 heterocycles. The largest absolute Gasteiger partial charge is 0.496 e. The number of hydrogen-bond donors (Lipinski definition) is 0. The predicted octanol–water partition coefficient (Wildman–Crippen LogP) is 3.59. The number of hydrogen-bond acceptors (Lipinski definition) is 8. The van der Waals surface area contributed by atoms with Crippen LogP contribution in [0.25, 0.3) is 6.08 Å². The van der Waals surface area contributed by atoms with E-state index < -0.39 is 12.0 Å². The van der Waals surface area contributed by atoms with E-state index in [0.717, 1.165) is 10.0 Å². The average Bonchev–Trinajstić information content (AvgIpc) is 3.17. The van der Waals surface area contributed by atoms with Gasteiger partial charge in [0.25, 0.3) is 5.56 Å². The van der Waals surface area contributed by atoms with Gasteiger partial charge in [-0.05, 0) is 55.8 Å². The van der Waals surface area contributed by atoms with Crippen LogP contribution in [0.2, 0.25) is 0 Å². The van der Waals surface area contributed by atoms with E-state index in [1.807, 2.05) is 18.2 Å². The van der Waals surface area contributed by atoms with E-state index >= 15 is 0 Å². The first-order valence-electron chi connectivity index (χ1n) is 11.1. The van der Waals surface area contributed by atoms with Crippen LogP contribution in [0.5, 0.6) is 17.2 Å². The number of benzene rings is 2. The van der Waals surface area contributed by atoms with Crippen LogP contribution >= 0.6 is 27.3 Å². The van der Waals surface area contributed by atoms with Crippen molar-refractivity contribution in [2.45, 2.75) is 19.9 Å². The molecule has 188 valence electrons. The fourth-order valence-corrected chi connectivity index (χ4v) is 5.51. The molecule has 0 aliphatic carbocycles. The molecule has 2 aromatic carbocycles. The van der Waals surface area contributed by atoms with E-state index in [0.29, 0.717) is 43.4 Å². The molecule has 0 bridgehead atoms. The number of ether oxygens (including phenoxy) is 4. The highest BCUT2D eigenvalue weighted by molar-refractivity contribution is 9.10. The van der Waals surface area contributed by atoms with E-state index in [2.05, 4.69) is 20.9 Å². The number of methoxy groups -OCH3 is 3. The number of esters is 1. The van der Waals surface area contributed by atoms with Crippen molar-refractivity contribution in [1.29, 1.82) is 0 Å². The standard InChI is InChI=1S/C26H25BrN2O6S/c1-6-35-25(31)22-14(2)28-26-29(23(22)15-7-9-19(33-4)20(12-15)34-5)24(30)21(36-26)13-16-11-17(27)8-10-18(16)32-3/h7-13,23H,6H2,1-5H3/b21-13+/t23-/m1/s1. The van der Waals surface area contributed by atoms with Crippen LogP contribution in [-0.2, 0) is 9.53 Å². The minimum atomic E-state index is -0.758. The highest BCUT2D eigenvalue weighted by atomic mass is 79.9. The van der Waals surface area contributed by atoms with Crippen molar-refractivity contribution >= 4 is 39.3 Å². The van der Waals surface area contributed by atoms with Crippen molar-refractivity contribution in [2.75, 3.05) is 27.9 Å². The zero-order valence-electron chi connectivity index (χ0n) is 20.5. The number of fused-ring (bicyclic) bond motifs is 1. The van der Waals surface area contributed by atoms with Gasteiger partial charge in [0.2, 0.25) is 0 Å². The Morgan fingerprint density at radius 3 is 2.44 bits per heavy atom. The molecule has 0 saturated carbocycles. The van der Waals surface area contributed by atoms with Crippen molar-refractivity contribution in [3.8, 4) is 17.2 Å². The summed E-state index contributed by atoms with van der Waals surface area (Å²) in [5, 5.41) is 0. The molecule has 1 aromatic heterocycles. The Morgan fingerprint density at radius 1 is 1.08 bits per heavy atom. The van der Waals surface area contributed by atoms with Gasteiger partial charge >= 0.3 is 5.97 Å². The van der Waals surface area contributed by atoms with Crippen molar-refractivity contribution in [3.63, 3.8) is 0 Å². The van der Waals surface area contributed by atoms with Gasteiger partial charge in [0.05, 0.1) is 49.8 Å².